The lowest BCUT2D eigenvalue weighted by Gasteiger charge is -2.02. The van der Waals surface area contributed by atoms with Crippen molar-refractivity contribution in [3.63, 3.8) is 0 Å². The Morgan fingerprint density at radius 3 is 2.76 bits per heavy atom. The predicted octanol–water partition coefficient (Wildman–Crippen LogP) is 0.452. The van der Waals surface area contributed by atoms with Crippen molar-refractivity contribution in [3.8, 4) is 5.88 Å². The fourth-order valence-corrected chi connectivity index (χ4v) is 1.66. The molecule has 0 bridgehead atoms. The summed E-state index contributed by atoms with van der Waals surface area (Å²) in [6.07, 6.45) is 3.65. The zero-order valence-electron chi connectivity index (χ0n) is 10.3. The monoisotopic (exact) mass is 235 g/mol. The second-order valence-corrected chi connectivity index (χ2v) is 3.90. The zero-order chi connectivity index (χ0) is 12.3. The molecule has 2 aromatic heterocycles. The first-order valence-electron chi connectivity index (χ1n) is 5.43. The van der Waals surface area contributed by atoms with Gasteiger partial charge in [-0.25, -0.2) is 9.67 Å². The fraction of sp³-hybridized carbons (Fsp3) is 0.455. The maximum atomic E-state index is 5.16. The molecular formula is C11H17N5O. The van der Waals surface area contributed by atoms with E-state index in [2.05, 4.69) is 15.4 Å². The summed E-state index contributed by atoms with van der Waals surface area (Å²) >= 11 is 0. The summed E-state index contributed by atoms with van der Waals surface area (Å²) in [5, 5.41) is 7.65. The molecule has 6 nitrogen and oxygen atoms in total. The van der Waals surface area contributed by atoms with E-state index >= 15 is 0 Å². The van der Waals surface area contributed by atoms with Crippen LogP contribution in [0.4, 0.5) is 0 Å². The van der Waals surface area contributed by atoms with E-state index < -0.39 is 0 Å². The molecule has 0 aliphatic heterocycles. The Labute approximate surface area is 100 Å². The van der Waals surface area contributed by atoms with Crippen LogP contribution >= 0.6 is 0 Å². The molecule has 6 heteroatoms. The van der Waals surface area contributed by atoms with Crippen LogP contribution in [0.15, 0.2) is 18.6 Å². The number of aromatic nitrogens is 4. The van der Waals surface area contributed by atoms with Crippen LogP contribution in [0.3, 0.4) is 0 Å². The van der Waals surface area contributed by atoms with Crippen molar-refractivity contribution in [2.24, 2.45) is 14.1 Å². The maximum Gasteiger partial charge on any atom is 0.211 e. The molecule has 92 valence electrons. The number of hydrogen-bond acceptors (Lipinski definition) is 4. The molecule has 2 heterocycles. The highest BCUT2D eigenvalue weighted by molar-refractivity contribution is 5.15. The molecule has 0 radical (unpaired) electrons. The van der Waals surface area contributed by atoms with Crippen molar-refractivity contribution >= 4 is 0 Å². The number of ether oxygens (including phenoxy) is 1. The van der Waals surface area contributed by atoms with Crippen molar-refractivity contribution < 1.29 is 4.74 Å². The number of nitrogens with one attached hydrogen (secondary N) is 1. The summed E-state index contributed by atoms with van der Waals surface area (Å²) in [5.74, 6) is 0.766. The molecule has 17 heavy (non-hydrogen) atoms. The molecule has 0 fully saturated rings. The van der Waals surface area contributed by atoms with Gasteiger partial charge in [0, 0.05) is 39.4 Å². The van der Waals surface area contributed by atoms with E-state index in [0.717, 1.165) is 23.8 Å². The molecule has 0 atom stereocenters. The highest BCUT2D eigenvalue weighted by Crippen LogP contribution is 2.10. The lowest BCUT2D eigenvalue weighted by Crippen LogP contribution is -2.15. The minimum absolute atomic E-state index is 0.711. The number of imidazole rings is 1. The Morgan fingerprint density at radius 2 is 2.18 bits per heavy atom. The Balaban J connectivity index is 1.88. The number of nitrogens with zero attached hydrogens (tertiary/aromatic N) is 4. The van der Waals surface area contributed by atoms with E-state index in [0.29, 0.717) is 6.54 Å². The average Bonchev–Trinajstić information content (AvgIpc) is 2.86. The second kappa shape index (κ2) is 5.01. The Morgan fingerprint density at radius 1 is 1.35 bits per heavy atom. The van der Waals surface area contributed by atoms with Crippen LogP contribution in [0.25, 0.3) is 0 Å². The molecule has 0 amide bonds. The zero-order valence-corrected chi connectivity index (χ0v) is 10.3. The normalized spacial score (nSPS) is 10.8. The first-order chi connectivity index (χ1) is 8.20. The topological polar surface area (TPSA) is 56.9 Å². The average molecular weight is 235 g/mol. The van der Waals surface area contributed by atoms with Crippen molar-refractivity contribution in [2.75, 3.05) is 7.11 Å². The lowest BCUT2D eigenvalue weighted by molar-refractivity contribution is 0.373. The van der Waals surface area contributed by atoms with E-state index in [1.54, 1.807) is 18.1 Å². The van der Waals surface area contributed by atoms with E-state index in [4.69, 9.17) is 4.74 Å². The van der Waals surface area contributed by atoms with Crippen LogP contribution in [0.2, 0.25) is 0 Å². The molecule has 0 aromatic carbocycles. The van der Waals surface area contributed by atoms with Gasteiger partial charge in [0.15, 0.2) is 0 Å². The summed E-state index contributed by atoms with van der Waals surface area (Å²) in [6.45, 7) is 1.48. The number of aryl methyl sites for hydroxylation is 2. The van der Waals surface area contributed by atoms with Crippen LogP contribution in [0.1, 0.15) is 11.4 Å². The van der Waals surface area contributed by atoms with Gasteiger partial charge in [-0.3, -0.25) is 0 Å². The van der Waals surface area contributed by atoms with Gasteiger partial charge in [0.25, 0.3) is 0 Å². The lowest BCUT2D eigenvalue weighted by atomic mass is 10.4. The van der Waals surface area contributed by atoms with Crippen LogP contribution in [-0.2, 0) is 27.2 Å². The molecule has 0 spiro atoms. The third-order valence-corrected chi connectivity index (χ3v) is 2.63. The van der Waals surface area contributed by atoms with Gasteiger partial charge in [-0.1, -0.05) is 0 Å². The summed E-state index contributed by atoms with van der Waals surface area (Å²) in [6, 6.07) is 1.93. The van der Waals surface area contributed by atoms with Gasteiger partial charge in [0.05, 0.1) is 24.8 Å². The summed E-state index contributed by atoms with van der Waals surface area (Å²) in [7, 11) is 5.49. The van der Waals surface area contributed by atoms with E-state index in [1.165, 1.54) is 0 Å². The largest absolute Gasteiger partial charge is 0.481 e. The van der Waals surface area contributed by atoms with E-state index in [1.807, 2.05) is 30.9 Å². The van der Waals surface area contributed by atoms with Crippen molar-refractivity contribution in [1.29, 1.82) is 0 Å². The Bertz CT molecular complexity index is 488. The van der Waals surface area contributed by atoms with Crippen molar-refractivity contribution in [3.05, 3.63) is 30.0 Å². The Hall–Kier alpha value is -1.82. The summed E-state index contributed by atoms with van der Waals surface area (Å²) in [5.41, 5.74) is 2.11. The smallest absolute Gasteiger partial charge is 0.211 e. The molecule has 0 saturated carbocycles. The molecule has 2 aromatic rings. The van der Waals surface area contributed by atoms with Gasteiger partial charge in [0.2, 0.25) is 5.88 Å². The SMILES string of the molecule is COc1cc(CNCc2cncn2C)nn1C. The van der Waals surface area contributed by atoms with Crippen LogP contribution in [-0.4, -0.2) is 26.4 Å². The summed E-state index contributed by atoms with van der Waals surface area (Å²) in [4.78, 5) is 4.06. The van der Waals surface area contributed by atoms with Gasteiger partial charge in [-0.2, -0.15) is 5.10 Å². The van der Waals surface area contributed by atoms with Gasteiger partial charge in [0.1, 0.15) is 0 Å². The number of rotatable bonds is 5. The van der Waals surface area contributed by atoms with Crippen LogP contribution in [0, 0.1) is 0 Å². The Kier molecular flexibility index (Phi) is 3.43. The third kappa shape index (κ3) is 2.65. The first-order valence-corrected chi connectivity index (χ1v) is 5.43. The maximum absolute atomic E-state index is 5.16. The fourth-order valence-electron chi connectivity index (χ4n) is 1.66. The van der Waals surface area contributed by atoms with Gasteiger partial charge in [-0.05, 0) is 0 Å². The van der Waals surface area contributed by atoms with Crippen molar-refractivity contribution in [2.45, 2.75) is 13.1 Å². The molecule has 0 aliphatic carbocycles. The second-order valence-electron chi connectivity index (χ2n) is 3.90. The van der Waals surface area contributed by atoms with Crippen molar-refractivity contribution in [1.82, 2.24) is 24.6 Å². The first kappa shape index (κ1) is 11.7. The molecule has 0 saturated heterocycles. The van der Waals surface area contributed by atoms with Gasteiger partial charge >= 0.3 is 0 Å². The minimum Gasteiger partial charge on any atom is -0.481 e. The van der Waals surface area contributed by atoms with Crippen LogP contribution in [0.5, 0.6) is 5.88 Å². The predicted molar refractivity (Wildman–Crippen MR) is 63.5 cm³/mol. The standard InChI is InChI=1S/C11H17N5O/c1-15-8-13-7-10(15)6-12-5-9-4-11(17-3)16(2)14-9/h4,7-8,12H,5-6H2,1-3H3. The van der Waals surface area contributed by atoms with Gasteiger partial charge in [-0.15, -0.1) is 0 Å². The molecular weight excluding hydrogens is 218 g/mol. The van der Waals surface area contributed by atoms with E-state index in [9.17, 15) is 0 Å². The van der Waals surface area contributed by atoms with E-state index in [-0.39, 0.29) is 0 Å². The van der Waals surface area contributed by atoms with Crippen LogP contribution < -0.4 is 10.1 Å². The minimum atomic E-state index is 0.711. The summed E-state index contributed by atoms with van der Waals surface area (Å²) < 4.78 is 8.87. The number of methoxy groups -OCH3 is 1. The molecule has 0 aliphatic rings. The molecule has 2 rings (SSSR count). The van der Waals surface area contributed by atoms with Gasteiger partial charge < -0.3 is 14.6 Å². The highest BCUT2D eigenvalue weighted by Gasteiger charge is 2.04. The molecule has 0 unspecified atom stereocenters. The quantitative estimate of drug-likeness (QED) is 0.817. The highest BCUT2D eigenvalue weighted by atomic mass is 16.5. The third-order valence-electron chi connectivity index (χ3n) is 2.63. The number of hydrogen-bond donors (Lipinski definition) is 1. The molecule has 1 N–H and O–H groups in total.